The molecule has 1 heterocycles. The van der Waals surface area contributed by atoms with Gasteiger partial charge in [0.25, 0.3) is 0 Å². The van der Waals surface area contributed by atoms with Crippen LogP contribution >= 0.6 is 11.6 Å². The Morgan fingerprint density at radius 1 is 1.53 bits per heavy atom. The van der Waals surface area contributed by atoms with E-state index in [2.05, 4.69) is 0 Å². The molecule has 0 aliphatic heterocycles. The fourth-order valence-corrected chi connectivity index (χ4v) is 1.85. The van der Waals surface area contributed by atoms with Crippen molar-refractivity contribution in [3.63, 3.8) is 0 Å². The Labute approximate surface area is 91.6 Å². The summed E-state index contributed by atoms with van der Waals surface area (Å²) in [7, 11) is 1.47. The number of Topliss-reactive ketones (excluding diaryl/α,β-unsaturated/α-hetero) is 1. The molecule has 0 radical (unpaired) electrons. The standard InChI is InChI=1S/C11H9ClO3/c1-6(13)8-5-7-3-4-15-10(7)9(12)11(8)14-2/h3-5H,1-2H3. The lowest BCUT2D eigenvalue weighted by molar-refractivity contribution is 0.101. The lowest BCUT2D eigenvalue weighted by Crippen LogP contribution is -1.98. The molecule has 2 rings (SSSR count). The third-order valence-corrected chi connectivity index (χ3v) is 2.57. The van der Waals surface area contributed by atoms with Gasteiger partial charge in [-0.1, -0.05) is 11.6 Å². The molecule has 3 nitrogen and oxygen atoms in total. The predicted octanol–water partition coefficient (Wildman–Crippen LogP) is 3.30. The first-order valence-electron chi connectivity index (χ1n) is 4.39. The van der Waals surface area contributed by atoms with Gasteiger partial charge in [0, 0.05) is 5.39 Å². The van der Waals surface area contributed by atoms with E-state index in [-0.39, 0.29) is 5.78 Å². The number of methoxy groups -OCH3 is 1. The molecule has 0 unspecified atom stereocenters. The lowest BCUT2D eigenvalue weighted by Gasteiger charge is -2.07. The molecule has 0 saturated carbocycles. The van der Waals surface area contributed by atoms with Crippen LogP contribution in [0, 0.1) is 0 Å². The molecule has 0 aliphatic carbocycles. The van der Waals surface area contributed by atoms with Crippen LogP contribution in [0.2, 0.25) is 5.02 Å². The second-order valence-electron chi connectivity index (χ2n) is 3.17. The Balaban J connectivity index is 2.84. The van der Waals surface area contributed by atoms with Crippen molar-refractivity contribution in [2.24, 2.45) is 0 Å². The van der Waals surface area contributed by atoms with E-state index in [0.717, 1.165) is 5.39 Å². The highest BCUT2D eigenvalue weighted by atomic mass is 35.5. The summed E-state index contributed by atoms with van der Waals surface area (Å²) in [6, 6.07) is 3.47. The summed E-state index contributed by atoms with van der Waals surface area (Å²) in [5.41, 5.74) is 1.01. The van der Waals surface area contributed by atoms with Crippen molar-refractivity contribution in [3.8, 4) is 5.75 Å². The minimum atomic E-state index is -0.0862. The summed E-state index contributed by atoms with van der Waals surface area (Å²) in [6.07, 6.45) is 1.53. The minimum absolute atomic E-state index is 0.0862. The smallest absolute Gasteiger partial charge is 0.163 e. The first-order chi connectivity index (χ1) is 7.15. The average molecular weight is 225 g/mol. The number of carbonyl (C=O) groups excluding carboxylic acids is 1. The Bertz CT molecular complexity index is 528. The number of benzene rings is 1. The molecule has 0 N–H and O–H groups in total. The minimum Gasteiger partial charge on any atom is -0.494 e. The molecule has 1 aromatic carbocycles. The van der Waals surface area contributed by atoms with Crippen LogP contribution in [0.4, 0.5) is 0 Å². The molecule has 2 aromatic rings. The molecule has 0 saturated heterocycles. The van der Waals surface area contributed by atoms with Crippen molar-refractivity contribution in [2.75, 3.05) is 7.11 Å². The third-order valence-electron chi connectivity index (χ3n) is 2.22. The molecule has 0 spiro atoms. The second kappa shape index (κ2) is 3.59. The molecule has 78 valence electrons. The summed E-state index contributed by atoms with van der Waals surface area (Å²) in [5, 5.41) is 1.14. The van der Waals surface area contributed by atoms with Crippen LogP contribution in [-0.2, 0) is 0 Å². The fourth-order valence-electron chi connectivity index (χ4n) is 1.51. The van der Waals surface area contributed by atoms with Crippen LogP contribution in [0.25, 0.3) is 11.0 Å². The zero-order valence-corrected chi connectivity index (χ0v) is 9.09. The van der Waals surface area contributed by atoms with Crippen molar-refractivity contribution < 1.29 is 13.9 Å². The summed E-state index contributed by atoms with van der Waals surface area (Å²) in [6.45, 7) is 1.47. The molecule has 0 atom stereocenters. The van der Waals surface area contributed by atoms with Crippen molar-refractivity contribution >= 4 is 28.4 Å². The van der Waals surface area contributed by atoms with Crippen molar-refractivity contribution in [1.29, 1.82) is 0 Å². The van der Waals surface area contributed by atoms with Gasteiger partial charge in [-0.3, -0.25) is 4.79 Å². The van der Waals surface area contributed by atoms with Crippen LogP contribution < -0.4 is 4.74 Å². The topological polar surface area (TPSA) is 39.4 Å². The number of ether oxygens (including phenoxy) is 1. The highest BCUT2D eigenvalue weighted by Crippen LogP contribution is 2.36. The maximum atomic E-state index is 11.4. The largest absolute Gasteiger partial charge is 0.494 e. The second-order valence-corrected chi connectivity index (χ2v) is 3.54. The number of carbonyl (C=O) groups is 1. The molecule has 0 bridgehead atoms. The third kappa shape index (κ3) is 1.49. The quantitative estimate of drug-likeness (QED) is 0.735. The molecular weight excluding hydrogens is 216 g/mol. The zero-order chi connectivity index (χ0) is 11.0. The van der Waals surface area contributed by atoms with E-state index >= 15 is 0 Å². The van der Waals surface area contributed by atoms with Gasteiger partial charge >= 0.3 is 0 Å². The Morgan fingerprint density at radius 2 is 2.27 bits per heavy atom. The number of ketones is 1. The van der Waals surface area contributed by atoms with E-state index in [1.54, 1.807) is 12.1 Å². The van der Waals surface area contributed by atoms with Crippen LogP contribution in [0.1, 0.15) is 17.3 Å². The molecule has 15 heavy (non-hydrogen) atoms. The summed E-state index contributed by atoms with van der Waals surface area (Å²) in [5.74, 6) is 0.281. The molecule has 0 aliphatic rings. The molecule has 0 fully saturated rings. The van der Waals surface area contributed by atoms with E-state index in [1.807, 2.05) is 0 Å². The Kier molecular flexibility index (Phi) is 2.40. The molecule has 1 aromatic heterocycles. The van der Waals surface area contributed by atoms with Crippen LogP contribution in [0.3, 0.4) is 0 Å². The van der Waals surface area contributed by atoms with Crippen LogP contribution in [-0.4, -0.2) is 12.9 Å². The highest BCUT2D eigenvalue weighted by Gasteiger charge is 2.17. The molecular formula is C11H9ClO3. The van der Waals surface area contributed by atoms with Gasteiger partial charge in [0.05, 0.1) is 18.9 Å². The number of halogens is 1. The number of fused-ring (bicyclic) bond motifs is 1. The maximum Gasteiger partial charge on any atom is 0.163 e. The number of hydrogen-bond acceptors (Lipinski definition) is 3. The fraction of sp³-hybridized carbons (Fsp3) is 0.182. The number of hydrogen-bond donors (Lipinski definition) is 0. The van der Waals surface area contributed by atoms with E-state index in [0.29, 0.717) is 21.9 Å². The van der Waals surface area contributed by atoms with E-state index < -0.39 is 0 Å². The van der Waals surface area contributed by atoms with Gasteiger partial charge in [-0.15, -0.1) is 0 Å². The van der Waals surface area contributed by atoms with Gasteiger partial charge in [0.15, 0.2) is 17.1 Å². The van der Waals surface area contributed by atoms with Crippen molar-refractivity contribution in [1.82, 2.24) is 0 Å². The zero-order valence-electron chi connectivity index (χ0n) is 8.33. The van der Waals surface area contributed by atoms with Gasteiger partial charge in [-0.05, 0) is 19.1 Å². The monoisotopic (exact) mass is 224 g/mol. The normalized spacial score (nSPS) is 10.6. The molecule has 0 amide bonds. The van der Waals surface area contributed by atoms with Crippen molar-refractivity contribution in [2.45, 2.75) is 6.92 Å². The van der Waals surface area contributed by atoms with Gasteiger partial charge < -0.3 is 9.15 Å². The van der Waals surface area contributed by atoms with Gasteiger partial charge in [-0.2, -0.15) is 0 Å². The highest BCUT2D eigenvalue weighted by molar-refractivity contribution is 6.37. The number of furan rings is 1. The van der Waals surface area contributed by atoms with Crippen LogP contribution in [0.15, 0.2) is 22.8 Å². The van der Waals surface area contributed by atoms with Gasteiger partial charge in [-0.25, -0.2) is 0 Å². The SMILES string of the molecule is COc1c(C(C)=O)cc2ccoc2c1Cl. The Morgan fingerprint density at radius 3 is 2.87 bits per heavy atom. The molecule has 4 heteroatoms. The van der Waals surface area contributed by atoms with Crippen LogP contribution in [0.5, 0.6) is 5.75 Å². The summed E-state index contributed by atoms with van der Waals surface area (Å²) in [4.78, 5) is 11.4. The van der Waals surface area contributed by atoms with Gasteiger partial charge in [0.2, 0.25) is 0 Å². The van der Waals surface area contributed by atoms with E-state index in [9.17, 15) is 4.79 Å². The maximum absolute atomic E-state index is 11.4. The first-order valence-corrected chi connectivity index (χ1v) is 4.77. The summed E-state index contributed by atoms with van der Waals surface area (Å²) < 4.78 is 10.3. The number of rotatable bonds is 2. The van der Waals surface area contributed by atoms with Gasteiger partial charge in [0.1, 0.15) is 5.02 Å². The summed E-state index contributed by atoms with van der Waals surface area (Å²) >= 11 is 6.06. The van der Waals surface area contributed by atoms with Crippen molar-refractivity contribution in [3.05, 3.63) is 29.0 Å². The average Bonchev–Trinajstić information content (AvgIpc) is 2.65. The predicted molar refractivity (Wildman–Crippen MR) is 57.8 cm³/mol. The first kappa shape index (κ1) is 10.1. The van der Waals surface area contributed by atoms with E-state index in [1.165, 1.54) is 20.3 Å². The Hall–Kier alpha value is -1.48. The lowest BCUT2D eigenvalue weighted by atomic mass is 10.1. The van der Waals surface area contributed by atoms with E-state index in [4.69, 9.17) is 20.8 Å².